The van der Waals surface area contributed by atoms with E-state index < -0.39 is 0 Å². The molecule has 2 aromatic carbocycles. The zero-order valence-corrected chi connectivity index (χ0v) is 15.6. The van der Waals surface area contributed by atoms with Crippen LogP contribution in [0.3, 0.4) is 0 Å². The number of amides is 1. The molecule has 0 heterocycles. The van der Waals surface area contributed by atoms with Crippen LogP contribution in [0, 0.1) is 0 Å². The predicted octanol–water partition coefficient (Wildman–Crippen LogP) is 1.98. The van der Waals surface area contributed by atoms with E-state index in [9.17, 15) is 4.79 Å². The Hall–Kier alpha value is -2.33. The maximum atomic E-state index is 12.4. The number of aryl methyl sites for hydroxylation is 1. The number of hydrogen-bond donors (Lipinski definition) is 2. The summed E-state index contributed by atoms with van der Waals surface area (Å²) < 4.78 is 5.14. The van der Waals surface area contributed by atoms with Crippen molar-refractivity contribution in [3.05, 3.63) is 65.2 Å². The lowest BCUT2D eigenvalue weighted by atomic mass is 10.1. The minimum Gasteiger partial charge on any atom is -0.497 e. The number of rotatable bonds is 8. The van der Waals surface area contributed by atoms with Gasteiger partial charge in [-0.1, -0.05) is 43.3 Å². The lowest BCUT2D eigenvalue weighted by Gasteiger charge is -2.21. The maximum absolute atomic E-state index is 12.4. The first-order chi connectivity index (χ1) is 12.0. The molecule has 4 nitrogen and oxygen atoms in total. The molecular formula is C21H29N2O2+. The van der Waals surface area contributed by atoms with E-state index in [-0.39, 0.29) is 11.9 Å². The van der Waals surface area contributed by atoms with Gasteiger partial charge in [0.1, 0.15) is 12.3 Å². The molecule has 2 aromatic rings. The first kappa shape index (κ1) is 19.0. The van der Waals surface area contributed by atoms with Crippen molar-refractivity contribution in [2.45, 2.75) is 39.4 Å². The SMILES string of the molecule is CCc1ccc(C[NH+](C)[C@@H](C)C(=O)NCc2ccc(OC)cc2)cc1. The summed E-state index contributed by atoms with van der Waals surface area (Å²) in [4.78, 5) is 13.6. The van der Waals surface area contributed by atoms with Crippen molar-refractivity contribution in [3.8, 4) is 5.75 Å². The van der Waals surface area contributed by atoms with Gasteiger partial charge in [0.25, 0.3) is 5.91 Å². The molecule has 0 aliphatic carbocycles. The highest BCUT2D eigenvalue weighted by atomic mass is 16.5. The Bertz CT molecular complexity index is 665. The molecule has 0 fully saturated rings. The summed E-state index contributed by atoms with van der Waals surface area (Å²) in [5.74, 6) is 0.889. The van der Waals surface area contributed by atoms with Gasteiger partial charge in [-0.2, -0.15) is 0 Å². The van der Waals surface area contributed by atoms with Crippen LogP contribution >= 0.6 is 0 Å². The number of methoxy groups -OCH3 is 1. The highest BCUT2D eigenvalue weighted by Crippen LogP contribution is 2.10. The Balaban J connectivity index is 1.84. The fourth-order valence-electron chi connectivity index (χ4n) is 2.68. The normalized spacial score (nSPS) is 13.1. The monoisotopic (exact) mass is 341 g/mol. The summed E-state index contributed by atoms with van der Waals surface area (Å²) in [6.45, 7) is 5.49. The van der Waals surface area contributed by atoms with E-state index in [1.165, 1.54) is 16.0 Å². The summed E-state index contributed by atoms with van der Waals surface area (Å²) in [5, 5.41) is 3.02. The van der Waals surface area contributed by atoms with Crippen LogP contribution in [0.5, 0.6) is 5.75 Å². The number of carbonyl (C=O) groups excluding carboxylic acids is 1. The fraction of sp³-hybridized carbons (Fsp3) is 0.381. The molecule has 4 heteroatoms. The molecule has 0 aromatic heterocycles. The standard InChI is InChI=1S/C21H28N2O2/c1-5-17-6-8-19(9-7-17)15-23(3)16(2)21(24)22-14-18-10-12-20(25-4)13-11-18/h6-13,16H,5,14-15H2,1-4H3,(H,22,24)/p+1/t16-/m0/s1. The van der Waals surface area contributed by atoms with Gasteiger partial charge in [-0.05, 0) is 36.6 Å². The summed E-state index contributed by atoms with van der Waals surface area (Å²) in [5.41, 5.74) is 3.66. The minimum absolute atomic E-state index is 0.0681. The molecule has 134 valence electrons. The average Bonchev–Trinajstić information content (AvgIpc) is 2.66. The highest BCUT2D eigenvalue weighted by molar-refractivity contribution is 5.79. The molecule has 2 atom stereocenters. The van der Waals surface area contributed by atoms with E-state index in [0.717, 1.165) is 24.3 Å². The van der Waals surface area contributed by atoms with Crippen LogP contribution in [0.2, 0.25) is 0 Å². The van der Waals surface area contributed by atoms with Gasteiger partial charge in [0, 0.05) is 12.1 Å². The van der Waals surface area contributed by atoms with Gasteiger partial charge in [-0.3, -0.25) is 4.79 Å². The summed E-state index contributed by atoms with van der Waals surface area (Å²) in [7, 11) is 3.71. The Morgan fingerprint density at radius 2 is 1.60 bits per heavy atom. The second-order valence-corrected chi connectivity index (χ2v) is 6.48. The molecule has 1 amide bonds. The molecule has 0 spiro atoms. The topological polar surface area (TPSA) is 42.8 Å². The van der Waals surface area contributed by atoms with Crippen molar-refractivity contribution in [1.82, 2.24) is 5.32 Å². The van der Waals surface area contributed by atoms with Crippen molar-refractivity contribution in [2.75, 3.05) is 14.2 Å². The molecule has 0 saturated heterocycles. The van der Waals surface area contributed by atoms with Crippen LogP contribution in [0.15, 0.2) is 48.5 Å². The van der Waals surface area contributed by atoms with E-state index in [0.29, 0.717) is 6.54 Å². The largest absolute Gasteiger partial charge is 0.497 e. The molecule has 0 aliphatic rings. The minimum atomic E-state index is -0.107. The third-order valence-corrected chi connectivity index (χ3v) is 4.67. The number of quaternary nitrogens is 1. The van der Waals surface area contributed by atoms with Crippen LogP contribution < -0.4 is 15.0 Å². The third kappa shape index (κ3) is 5.61. The molecule has 0 bridgehead atoms. The number of benzene rings is 2. The van der Waals surface area contributed by atoms with E-state index in [4.69, 9.17) is 4.74 Å². The van der Waals surface area contributed by atoms with Crippen molar-refractivity contribution in [2.24, 2.45) is 0 Å². The number of ether oxygens (including phenoxy) is 1. The van der Waals surface area contributed by atoms with Crippen LogP contribution in [0.4, 0.5) is 0 Å². The van der Waals surface area contributed by atoms with E-state index in [2.05, 4.69) is 43.6 Å². The molecular weight excluding hydrogens is 312 g/mol. The first-order valence-corrected chi connectivity index (χ1v) is 8.84. The Kier molecular flexibility index (Phi) is 7.02. The Morgan fingerprint density at radius 1 is 1.04 bits per heavy atom. The summed E-state index contributed by atoms with van der Waals surface area (Å²) >= 11 is 0. The quantitative estimate of drug-likeness (QED) is 0.771. The van der Waals surface area contributed by atoms with Crippen molar-refractivity contribution in [3.63, 3.8) is 0 Å². The molecule has 25 heavy (non-hydrogen) atoms. The van der Waals surface area contributed by atoms with E-state index >= 15 is 0 Å². The van der Waals surface area contributed by atoms with Gasteiger partial charge in [0.05, 0.1) is 14.2 Å². The van der Waals surface area contributed by atoms with Crippen molar-refractivity contribution < 1.29 is 14.4 Å². The van der Waals surface area contributed by atoms with E-state index in [1.807, 2.05) is 31.2 Å². The van der Waals surface area contributed by atoms with Gasteiger partial charge >= 0.3 is 0 Å². The van der Waals surface area contributed by atoms with Gasteiger partial charge in [0.15, 0.2) is 6.04 Å². The van der Waals surface area contributed by atoms with Gasteiger partial charge in [0.2, 0.25) is 0 Å². The Morgan fingerprint density at radius 3 is 2.16 bits per heavy atom. The zero-order chi connectivity index (χ0) is 18.2. The average molecular weight is 341 g/mol. The fourth-order valence-corrected chi connectivity index (χ4v) is 2.68. The molecule has 0 radical (unpaired) electrons. The van der Waals surface area contributed by atoms with Gasteiger partial charge in [-0.15, -0.1) is 0 Å². The summed E-state index contributed by atoms with van der Waals surface area (Å²) in [6, 6.07) is 16.3. The third-order valence-electron chi connectivity index (χ3n) is 4.67. The predicted molar refractivity (Wildman–Crippen MR) is 101 cm³/mol. The molecule has 2 rings (SSSR count). The van der Waals surface area contributed by atoms with Crippen LogP contribution in [-0.4, -0.2) is 26.1 Å². The zero-order valence-electron chi connectivity index (χ0n) is 15.6. The van der Waals surface area contributed by atoms with Crippen LogP contribution in [-0.2, 0) is 24.3 Å². The molecule has 1 unspecified atom stereocenters. The number of likely N-dealkylation sites (N-methyl/N-ethyl adjacent to an activating group) is 1. The second kappa shape index (κ2) is 9.23. The number of carbonyl (C=O) groups is 1. The van der Waals surface area contributed by atoms with Crippen LogP contribution in [0.1, 0.15) is 30.5 Å². The van der Waals surface area contributed by atoms with Crippen LogP contribution in [0.25, 0.3) is 0 Å². The molecule has 0 aliphatic heterocycles. The first-order valence-electron chi connectivity index (χ1n) is 8.84. The molecule has 0 saturated carbocycles. The lowest BCUT2D eigenvalue weighted by Crippen LogP contribution is -3.12. The lowest BCUT2D eigenvalue weighted by molar-refractivity contribution is -0.908. The number of hydrogen-bond acceptors (Lipinski definition) is 2. The highest BCUT2D eigenvalue weighted by Gasteiger charge is 2.21. The smallest absolute Gasteiger partial charge is 0.278 e. The van der Waals surface area contributed by atoms with Crippen molar-refractivity contribution in [1.29, 1.82) is 0 Å². The summed E-state index contributed by atoms with van der Waals surface area (Å²) in [6.07, 6.45) is 1.05. The molecule has 2 N–H and O–H groups in total. The van der Waals surface area contributed by atoms with Gasteiger partial charge < -0.3 is 15.0 Å². The van der Waals surface area contributed by atoms with Gasteiger partial charge in [-0.25, -0.2) is 0 Å². The maximum Gasteiger partial charge on any atom is 0.278 e. The number of nitrogens with one attached hydrogen (secondary N) is 2. The Labute approximate surface area is 150 Å². The van der Waals surface area contributed by atoms with Crippen molar-refractivity contribution >= 4 is 5.91 Å². The van der Waals surface area contributed by atoms with E-state index in [1.54, 1.807) is 7.11 Å². The second-order valence-electron chi connectivity index (χ2n) is 6.48.